The van der Waals surface area contributed by atoms with Crippen LogP contribution in [0.25, 0.3) is 0 Å². The number of terminal acetylenes is 1. The number of carboxylic acids is 1. The lowest BCUT2D eigenvalue weighted by Gasteiger charge is -2.10. The zero-order valence-corrected chi connectivity index (χ0v) is 7.08. The summed E-state index contributed by atoms with van der Waals surface area (Å²) in [7, 11) is 0. The summed E-state index contributed by atoms with van der Waals surface area (Å²) in [6.07, 6.45) is 9.07. The molecule has 2 N–H and O–H groups in total. The number of aliphatic carboxylic acids is 1. The maximum atomic E-state index is 10.1. The molecule has 0 radical (unpaired) electrons. The van der Waals surface area contributed by atoms with Gasteiger partial charge in [0.25, 0.3) is 0 Å². The monoisotopic (exact) mass is 167 g/mol. The minimum atomic E-state index is -0.960. The van der Waals surface area contributed by atoms with Gasteiger partial charge in [-0.1, -0.05) is 6.92 Å². The van der Waals surface area contributed by atoms with Gasteiger partial charge in [-0.25, -0.2) is 4.79 Å². The smallest absolute Gasteiger partial charge is 0.329 e. The zero-order chi connectivity index (χ0) is 9.40. The van der Waals surface area contributed by atoms with Gasteiger partial charge in [-0.3, -0.25) is 0 Å². The third kappa shape index (κ3) is 5.36. The summed E-state index contributed by atoms with van der Waals surface area (Å²) in [5, 5.41) is 11.2. The molecule has 0 aromatic rings. The van der Waals surface area contributed by atoms with Crippen molar-refractivity contribution in [3.05, 3.63) is 12.3 Å². The lowest BCUT2D eigenvalue weighted by molar-refractivity contribution is -0.131. The highest BCUT2D eigenvalue weighted by molar-refractivity contribution is 5.79. The van der Waals surface area contributed by atoms with Crippen molar-refractivity contribution in [2.24, 2.45) is 0 Å². The van der Waals surface area contributed by atoms with Crippen molar-refractivity contribution in [3.8, 4) is 12.3 Å². The molecule has 0 aliphatic heterocycles. The number of hydrogen-bond acceptors (Lipinski definition) is 2. The highest BCUT2D eigenvalue weighted by atomic mass is 16.4. The van der Waals surface area contributed by atoms with Crippen LogP contribution in [0, 0.1) is 12.3 Å². The molecule has 0 bridgehead atoms. The van der Waals surface area contributed by atoms with E-state index in [4.69, 9.17) is 11.5 Å². The van der Waals surface area contributed by atoms with Gasteiger partial charge in [-0.15, -0.1) is 12.3 Å². The Hall–Kier alpha value is -1.43. The second kappa shape index (κ2) is 6.29. The van der Waals surface area contributed by atoms with Crippen LogP contribution in [0.2, 0.25) is 0 Å². The van der Waals surface area contributed by atoms with E-state index in [0.29, 0.717) is 6.42 Å². The van der Waals surface area contributed by atoms with E-state index >= 15 is 0 Å². The summed E-state index contributed by atoms with van der Waals surface area (Å²) in [6.45, 7) is 1.99. The van der Waals surface area contributed by atoms with E-state index < -0.39 is 5.97 Å². The maximum absolute atomic E-state index is 10.1. The Labute approximate surface area is 72.5 Å². The molecule has 66 valence electrons. The molecule has 0 aromatic carbocycles. The first-order chi connectivity index (χ1) is 5.70. The average molecular weight is 167 g/mol. The molecule has 0 aromatic heterocycles. The fourth-order valence-corrected chi connectivity index (χ4v) is 0.719. The van der Waals surface area contributed by atoms with E-state index in [2.05, 4.69) is 11.2 Å². The Balaban J connectivity index is 3.73. The molecule has 1 unspecified atom stereocenters. The third-order valence-corrected chi connectivity index (χ3v) is 1.41. The summed E-state index contributed by atoms with van der Waals surface area (Å²) in [4.78, 5) is 10.1. The van der Waals surface area contributed by atoms with E-state index in [1.54, 1.807) is 0 Å². The minimum absolute atomic E-state index is 0.172. The first-order valence-corrected chi connectivity index (χ1v) is 3.79. The fraction of sp³-hybridized carbons (Fsp3) is 0.444. The largest absolute Gasteiger partial charge is 0.478 e. The van der Waals surface area contributed by atoms with Crippen molar-refractivity contribution in [3.63, 3.8) is 0 Å². The van der Waals surface area contributed by atoms with Crippen LogP contribution in [0.1, 0.15) is 19.8 Å². The van der Waals surface area contributed by atoms with Crippen molar-refractivity contribution >= 4 is 5.97 Å². The first-order valence-electron chi connectivity index (χ1n) is 3.79. The molecule has 3 nitrogen and oxygen atoms in total. The Kier molecular flexibility index (Phi) is 5.54. The molecule has 0 spiro atoms. The van der Waals surface area contributed by atoms with Gasteiger partial charge in [-0.05, 0) is 6.42 Å². The van der Waals surface area contributed by atoms with Crippen LogP contribution in [-0.2, 0) is 4.79 Å². The van der Waals surface area contributed by atoms with E-state index in [9.17, 15) is 4.79 Å². The molecule has 0 aliphatic carbocycles. The van der Waals surface area contributed by atoms with Gasteiger partial charge in [0.1, 0.15) is 0 Å². The molecule has 1 atom stereocenters. The van der Waals surface area contributed by atoms with Gasteiger partial charge in [0.15, 0.2) is 0 Å². The second-order valence-corrected chi connectivity index (χ2v) is 2.35. The molecule has 3 heteroatoms. The number of carbonyl (C=O) groups is 1. The molecule has 12 heavy (non-hydrogen) atoms. The van der Waals surface area contributed by atoms with Gasteiger partial charge in [0.05, 0.1) is 0 Å². The molecular weight excluding hydrogens is 154 g/mol. The first kappa shape index (κ1) is 10.6. The van der Waals surface area contributed by atoms with Gasteiger partial charge < -0.3 is 10.4 Å². The standard InChI is InChI=1S/C9H13NO2/c1-3-5-8(4-2)10-7-6-9(11)12/h1,6-8,10H,4-5H2,2H3,(H,11,12)/b7-6+. The van der Waals surface area contributed by atoms with Crippen LogP contribution in [0.5, 0.6) is 0 Å². The molecule has 0 fully saturated rings. The Bertz CT molecular complexity index is 203. The fourth-order valence-electron chi connectivity index (χ4n) is 0.719. The van der Waals surface area contributed by atoms with E-state index in [0.717, 1.165) is 12.5 Å². The van der Waals surface area contributed by atoms with Gasteiger partial charge >= 0.3 is 5.97 Å². The van der Waals surface area contributed by atoms with Crippen LogP contribution in [0.15, 0.2) is 12.3 Å². The molecule has 0 heterocycles. The van der Waals surface area contributed by atoms with Crippen LogP contribution < -0.4 is 5.32 Å². The van der Waals surface area contributed by atoms with Crippen LogP contribution in [0.3, 0.4) is 0 Å². The summed E-state index contributed by atoms with van der Waals surface area (Å²) < 4.78 is 0. The Morgan fingerprint density at radius 2 is 2.50 bits per heavy atom. The zero-order valence-electron chi connectivity index (χ0n) is 7.08. The van der Waals surface area contributed by atoms with Crippen LogP contribution in [0.4, 0.5) is 0 Å². The second-order valence-electron chi connectivity index (χ2n) is 2.35. The number of carboxylic acid groups (broad SMARTS) is 1. The SMILES string of the molecule is C#CCC(CC)N/C=C/C(=O)O. The highest BCUT2D eigenvalue weighted by Gasteiger charge is 1.99. The van der Waals surface area contributed by atoms with Gasteiger partial charge in [-0.2, -0.15) is 0 Å². The minimum Gasteiger partial charge on any atom is -0.478 e. The lowest BCUT2D eigenvalue weighted by Crippen LogP contribution is -2.22. The van der Waals surface area contributed by atoms with Crippen molar-refractivity contribution in [2.45, 2.75) is 25.8 Å². The third-order valence-electron chi connectivity index (χ3n) is 1.41. The quantitative estimate of drug-likeness (QED) is 0.474. The van der Waals surface area contributed by atoms with E-state index in [1.807, 2.05) is 6.92 Å². The normalized spacial score (nSPS) is 12.3. The van der Waals surface area contributed by atoms with Crippen molar-refractivity contribution in [1.82, 2.24) is 5.32 Å². The predicted octanol–water partition coefficient (Wildman–Crippen LogP) is 0.976. The number of rotatable bonds is 5. The molecule has 0 saturated carbocycles. The molecule has 0 saturated heterocycles. The number of nitrogens with one attached hydrogen (secondary N) is 1. The van der Waals surface area contributed by atoms with E-state index in [-0.39, 0.29) is 6.04 Å². The topological polar surface area (TPSA) is 49.3 Å². The molecule has 0 amide bonds. The summed E-state index contributed by atoms with van der Waals surface area (Å²) in [5.74, 6) is 1.55. The van der Waals surface area contributed by atoms with Crippen LogP contribution in [-0.4, -0.2) is 17.1 Å². The van der Waals surface area contributed by atoms with E-state index in [1.165, 1.54) is 6.20 Å². The summed E-state index contributed by atoms with van der Waals surface area (Å²) in [5.41, 5.74) is 0. The average Bonchev–Trinajstić information content (AvgIpc) is 2.02. The maximum Gasteiger partial charge on any atom is 0.329 e. The van der Waals surface area contributed by atoms with Gasteiger partial charge in [0, 0.05) is 24.7 Å². The summed E-state index contributed by atoms with van der Waals surface area (Å²) >= 11 is 0. The van der Waals surface area contributed by atoms with Gasteiger partial charge in [0.2, 0.25) is 0 Å². The molecule has 0 rings (SSSR count). The predicted molar refractivity (Wildman–Crippen MR) is 47.4 cm³/mol. The highest BCUT2D eigenvalue weighted by Crippen LogP contribution is 1.95. The van der Waals surface area contributed by atoms with Crippen molar-refractivity contribution in [2.75, 3.05) is 0 Å². The van der Waals surface area contributed by atoms with Crippen molar-refractivity contribution in [1.29, 1.82) is 0 Å². The lowest BCUT2D eigenvalue weighted by atomic mass is 10.2. The Morgan fingerprint density at radius 3 is 2.92 bits per heavy atom. The van der Waals surface area contributed by atoms with Crippen LogP contribution >= 0.6 is 0 Å². The molecule has 0 aliphatic rings. The number of hydrogen-bond donors (Lipinski definition) is 2. The summed E-state index contributed by atoms with van der Waals surface area (Å²) in [6, 6.07) is 0.172. The van der Waals surface area contributed by atoms with Crippen molar-refractivity contribution < 1.29 is 9.90 Å². The Morgan fingerprint density at radius 1 is 1.83 bits per heavy atom. The molecular formula is C9H13NO2.